The molecule has 1 saturated carbocycles. The molecule has 24 heavy (non-hydrogen) atoms. The molecule has 0 radical (unpaired) electrons. The van der Waals surface area contributed by atoms with Crippen LogP contribution in [0.2, 0.25) is 0 Å². The Morgan fingerprint density at radius 2 is 2.08 bits per heavy atom. The first-order valence-corrected chi connectivity index (χ1v) is 8.36. The summed E-state index contributed by atoms with van der Waals surface area (Å²) in [7, 11) is 1.81. The first-order chi connectivity index (χ1) is 11.3. The van der Waals surface area contributed by atoms with Gasteiger partial charge < -0.3 is 15.2 Å². The van der Waals surface area contributed by atoms with Crippen LogP contribution < -0.4 is 10.6 Å². The molecule has 1 aliphatic rings. The lowest BCUT2D eigenvalue weighted by atomic mass is 10.1. The van der Waals surface area contributed by atoms with E-state index in [2.05, 4.69) is 61.7 Å². The van der Waals surface area contributed by atoms with Crippen molar-refractivity contribution in [2.45, 2.75) is 44.8 Å². The summed E-state index contributed by atoms with van der Waals surface area (Å²) >= 11 is 0. The number of nitrogens with zero attached hydrogens (tertiary/aromatic N) is 3. The number of guanidine groups is 1. The van der Waals surface area contributed by atoms with E-state index in [0.717, 1.165) is 31.2 Å². The quantitative estimate of drug-likeness (QED) is 0.396. The number of halogens is 1. The lowest BCUT2D eigenvalue weighted by molar-refractivity contribution is 0.600. The number of aromatic nitrogens is 2. The van der Waals surface area contributed by atoms with Crippen molar-refractivity contribution < 1.29 is 0 Å². The van der Waals surface area contributed by atoms with Crippen LogP contribution in [0, 0.1) is 0 Å². The van der Waals surface area contributed by atoms with Crippen molar-refractivity contribution in [2.24, 2.45) is 4.99 Å². The van der Waals surface area contributed by atoms with E-state index in [1.54, 1.807) is 0 Å². The second-order valence-electron chi connectivity index (χ2n) is 5.97. The molecule has 0 atom stereocenters. The standard InChI is InChI=1S/C18H25N5.HI/c1-19-18(22-16-9-10-16)21-14-17-20-11-13-23(17)12-5-8-15-6-3-2-4-7-15;/h2-4,6-7,11,13,16H,5,8-10,12,14H2,1H3,(H2,19,21,22);1H. The van der Waals surface area contributed by atoms with Crippen molar-refractivity contribution in [3.63, 3.8) is 0 Å². The van der Waals surface area contributed by atoms with Crippen LogP contribution in [0.5, 0.6) is 0 Å². The van der Waals surface area contributed by atoms with Crippen LogP contribution in [0.25, 0.3) is 0 Å². The second kappa shape index (κ2) is 9.66. The van der Waals surface area contributed by atoms with Gasteiger partial charge in [-0.25, -0.2) is 4.98 Å². The first kappa shape index (κ1) is 18.8. The Labute approximate surface area is 161 Å². The molecule has 6 heteroatoms. The largest absolute Gasteiger partial charge is 0.354 e. The zero-order chi connectivity index (χ0) is 15.9. The highest BCUT2D eigenvalue weighted by Gasteiger charge is 2.22. The maximum absolute atomic E-state index is 4.46. The topological polar surface area (TPSA) is 54.2 Å². The number of aryl methyl sites for hydroxylation is 2. The molecular formula is C18H26IN5. The van der Waals surface area contributed by atoms with Gasteiger partial charge >= 0.3 is 0 Å². The molecule has 2 aromatic rings. The van der Waals surface area contributed by atoms with Crippen LogP contribution in [0.3, 0.4) is 0 Å². The molecule has 5 nitrogen and oxygen atoms in total. The minimum Gasteiger partial charge on any atom is -0.354 e. The van der Waals surface area contributed by atoms with Gasteiger partial charge in [0.15, 0.2) is 5.96 Å². The van der Waals surface area contributed by atoms with Crippen molar-refractivity contribution >= 4 is 29.9 Å². The third kappa shape index (κ3) is 5.81. The third-order valence-corrected chi connectivity index (χ3v) is 4.06. The minimum atomic E-state index is 0. The van der Waals surface area contributed by atoms with Crippen LogP contribution >= 0.6 is 24.0 Å². The van der Waals surface area contributed by atoms with Crippen LogP contribution in [0.1, 0.15) is 30.7 Å². The Kier molecular flexibility index (Phi) is 7.55. The third-order valence-electron chi connectivity index (χ3n) is 4.06. The van der Waals surface area contributed by atoms with Gasteiger partial charge in [-0.2, -0.15) is 0 Å². The number of aliphatic imine (C=N–C) groups is 1. The molecule has 0 unspecified atom stereocenters. The van der Waals surface area contributed by atoms with Gasteiger partial charge in [-0.15, -0.1) is 24.0 Å². The molecule has 1 aromatic heterocycles. The molecule has 1 aliphatic carbocycles. The van der Waals surface area contributed by atoms with Gasteiger partial charge in [-0.05, 0) is 31.2 Å². The van der Waals surface area contributed by atoms with E-state index >= 15 is 0 Å². The van der Waals surface area contributed by atoms with Crippen molar-refractivity contribution in [1.29, 1.82) is 0 Å². The number of rotatable bonds is 7. The highest BCUT2D eigenvalue weighted by Crippen LogP contribution is 2.18. The Morgan fingerprint density at radius 3 is 2.79 bits per heavy atom. The van der Waals surface area contributed by atoms with E-state index in [4.69, 9.17) is 0 Å². The van der Waals surface area contributed by atoms with Crippen molar-refractivity contribution in [2.75, 3.05) is 7.05 Å². The van der Waals surface area contributed by atoms with E-state index in [1.807, 2.05) is 13.2 Å². The molecule has 1 fully saturated rings. The van der Waals surface area contributed by atoms with Crippen LogP contribution in [0.4, 0.5) is 0 Å². The molecule has 0 saturated heterocycles. The zero-order valence-corrected chi connectivity index (χ0v) is 16.4. The summed E-state index contributed by atoms with van der Waals surface area (Å²) < 4.78 is 2.22. The van der Waals surface area contributed by atoms with Crippen LogP contribution in [0.15, 0.2) is 47.7 Å². The monoisotopic (exact) mass is 439 g/mol. The predicted molar refractivity (Wildman–Crippen MR) is 109 cm³/mol. The summed E-state index contributed by atoms with van der Waals surface area (Å²) in [6.45, 7) is 1.69. The number of benzene rings is 1. The fourth-order valence-electron chi connectivity index (χ4n) is 2.59. The van der Waals surface area contributed by atoms with E-state index in [-0.39, 0.29) is 24.0 Å². The summed E-state index contributed by atoms with van der Waals surface area (Å²) in [6, 6.07) is 11.2. The van der Waals surface area contributed by atoms with Gasteiger partial charge in [0, 0.05) is 32.0 Å². The molecule has 0 spiro atoms. The highest BCUT2D eigenvalue weighted by atomic mass is 127. The van der Waals surface area contributed by atoms with E-state index < -0.39 is 0 Å². The summed E-state index contributed by atoms with van der Waals surface area (Å²) in [5.74, 6) is 1.92. The zero-order valence-electron chi connectivity index (χ0n) is 14.1. The van der Waals surface area contributed by atoms with Gasteiger partial charge in [-0.1, -0.05) is 30.3 Å². The van der Waals surface area contributed by atoms with Crippen LogP contribution in [-0.4, -0.2) is 28.6 Å². The van der Waals surface area contributed by atoms with Gasteiger partial charge in [0.05, 0.1) is 6.54 Å². The molecule has 0 bridgehead atoms. The Morgan fingerprint density at radius 1 is 1.29 bits per heavy atom. The molecular weight excluding hydrogens is 413 g/mol. The number of imidazole rings is 1. The second-order valence-corrected chi connectivity index (χ2v) is 5.97. The fraction of sp³-hybridized carbons (Fsp3) is 0.444. The fourth-order valence-corrected chi connectivity index (χ4v) is 2.59. The lowest BCUT2D eigenvalue weighted by Gasteiger charge is -2.12. The normalized spacial score (nSPS) is 14.1. The number of hydrogen-bond acceptors (Lipinski definition) is 2. The minimum absolute atomic E-state index is 0. The number of hydrogen-bond donors (Lipinski definition) is 2. The molecule has 2 N–H and O–H groups in total. The van der Waals surface area contributed by atoms with Gasteiger partial charge in [0.1, 0.15) is 5.82 Å². The summed E-state index contributed by atoms with van der Waals surface area (Å²) in [4.78, 5) is 8.72. The maximum Gasteiger partial charge on any atom is 0.191 e. The molecule has 130 valence electrons. The molecule has 1 heterocycles. The highest BCUT2D eigenvalue weighted by molar-refractivity contribution is 14.0. The smallest absolute Gasteiger partial charge is 0.191 e. The molecule has 1 aromatic carbocycles. The average molecular weight is 439 g/mol. The van der Waals surface area contributed by atoms with Crippen molar-refractivity contribution in [3.8, 4) is 0 Å². The predicted octanol–water partition coefficient (Wildman–Crippen LogP) is 2.96. The Bertz CT molecular complexity index is 634. The van der Waals surface area contributed by atoms with Gasteiger partial charge in [0.2, 0.25) is 0 Å². The van der Waals surface area contributed by atoms with Crippen molar-refractivity contribution in [3.05, 3.63) is 54.1 Å². The Hall–Kier alpha value is -1.57. The molecule has 0 aliphatic heterocycles. The van der Waals surface area contributed by atoms with Crippen LogP contribution in [-0.2, 0) is 19.5 Å². The Balaban J connectivity index is 0.00000208. The maximum atomic E-state index is 4.46. The summed E-state index contributed by atoms with van der Waals surface area (Å²) in [5, 5.41) is 6.74. The van der Waals surface area contributed by atoms with E-state index in [0.29, 0.717) is 12.6 Å². The average Bonchev–Trinajstić information content (AvgIpc) is 3.30. The van der Waals surface area contributed by atoms with E-state index in [9.17, 15) is 0 Å². The van der Waals surface area contributed by atoms with Gasteiger partial charge in [0.25, 0.3) is 0 Å². The number of nitrogens with one attached hydrogen (secondary N) is 2. The molecule has 3 rings (SSSR count). The summed E-state index contributed by atoms with van der Waals surface area (Å²) in [6.07, 6.45) is 8.62. The van der Waals surface area contributed by atoms with Gasteiger partial charge in [-0.3, -0.25) is 4.99 Å². The SMILES string of the molecule is CN=C(NCc1nccn1CCCc1ccccc1)NC1CC1.I. The molecule has 0 amide bonds. The van der Waals surface area contributed by atoms with Crippen molar-refractivity contribution in [1.82, 2.24) is 20.2 Å². The first-order valence-electron chi connectivity index (χ1n) is 8.36. The van der Waals surface area contributed by atoms with E-state index in [1.165, 1.54) is 18.4 Å². The summed E-state index contributed by atoms with van der Waals surface area (Å²) in [5.41, 5.74) is 1.39. The lowest BCUT2D eigenvalue weighted by Crippen LogP contribution is -2.38.